The molecular weight excluding hydrogens is 232 g/mol. The monoisotopic (exact) mass is 250 g/mol. The van der Waals surface area contributed by atoms with Gasteiger partial charge in [-0.2, -0.15) is 0 Å². The Labute approximate surface area is 105 Å². The summed E-state index contributed by atoms with van der Waals surface area (Å²) in [4.78, 5) is 10.9. The molecule has 0 spiro atoms. The summed E-state index contributed by atoms with van der Waals surface area (Å²) < 4.78 is 2.18. The largest absolute Gasteiger partial charge is 0.465 e. The summed E-state index contributed by atoms with van der Waals surface area (Å²) >= 11 is 0. The lowest BCUT2D eigenvalue weighted by Gasteiger charge is -2.56. The van der Waals surface area contributed by atoms with E-state index in [2.05, 4.69) is 9.88 Å². The minimum Gasteiger partial charge on any atom is -0.465 e. The van der Waals surface area contributed by atoms with E-state index in [9.17, 15) is 9.90 Å². The zero-order valence-corrected chi connectivity index (χ0v) is 10.2. The molecule has 1 aromatic heterocycles. The number of fused-ring (bicyclic) bond motifs is 3. The van der Waals surface area contributed by atoms with Gasteiger partial charge in [-0.3, -0.25) is 0 Å². The van der Waals surface area contributed by atoms with Gasteiger partial charge in [-0.1, -0.05) is 0 Å². The van der Waals surface area contributed by atoms with Crippen LogP contribution in [0.3, 0.4) is 0 Å². The Morgan fingerprint density at radius 2 is 1.83 bits per heavy atom. The van der Waals surface area contributed by atoms with Gasteiger partial charge in [-0.15, -0.1) is 0 Å². The average Bonchev–Trinajstić information content (AvgIpc) is 2.84. The van der Waals surface area contributed by atoms with E-state index in [0.29, 0.717) is 19.3 Å². The van der Waals surface area contributed by atoms with Gasteiger partial charge in [0.15, 0.2) is 0 Å². The van der Waals surface area contributed by atoms with Crippen molar-refractivity contribution in [3.63, 3.8) is 0 Å². The molecule has 18 heavy (non-hydrogen) atoms. The van der Waals surface area contributed by atoms with Crippen molar-refractivity contribution >= 4 is 6.09 Å². The number of nitrogens with one attached hydrogen (secondary N) is 1. The van der Waals surface area contributed by atoms with Crippen LogP contribution in [-0.2, 0) is 5.54 Å². The van der Waals surface area contributed by atoms with Crippen LogP contribution >= 0.6 is 0 Å². The van der Waals surface area contributed by atoms with E-state index >= 15 is 0 Å². The molecule has 3 aliphatic rings. The summed E-state index contributed by atoms with van der Waals surface area (Å²) in [7, 11) is 0. The van der Waals surface area contributed by atoms with Gasteiger partial charge in [0.25, 0.3) is 0 Å². The maximum atomic E-state index is 10.9. The lowest BCUT2D eigenvalue weighted by atomic mass is 9.60. The first-order valence-electron chi connectivity index (χ1n) is 6.39. The van der Waals surface area contributed by atoms with E-state index in [4.69, 9.17) is 5.11 Å². The second-order valence-corrected chi connectivity index (χ2v) is 5.62. The molecule has 1 amide bonds. The van der Waals surface area contributed by atoms with Crippen LogP contribution in [0.1, 0.15) is 32.1 Å². The molecule has 1 atom stereocenters. The standard InChI is InChI=1S/C13H18N2O3/c16-10-9-12(15-7-1-2-8-15)3-5-13(10,6-4-12)14-11(17)18/h1-2,7-8,10,14,16H,3-6,9H2,(H,17,18). The van der Waals surface area contributed by atoms with Gasteiger partial charge >= 0.3 is 6.09 Å². The Hall–Kier alpha value is -1.49. The maximum absolute atomic E-state index is 10.9. The third-order valence-electron chi connectivity index (χ3n) is 4.79. The molecule has 3 aliphatic carbocycles. The predicted octanol–water partition coefficient (Wildman–Crippen LogP) is 1.53. The van der Waals surface area contributed by atoms with Crippen molar-refractivity contribution in [1.29, 1.82) is 0 Å². The first-order chi connectivity index (χ1) is 8.56. The van der Waals surface area contributed by atoms with E-state index in [1.807, 2.05) is 24.5 Å². The van der Waals surface area contributed by atoms with Crippen LogP contribution in [0, 0.1) is 0 Å². The molecule has 4 rings (SSSR count). The lowest BCUT2D eigenvalue weighted by molar-refractivity contribution is -0.0744. The highest BCUT2D eigenvalue weighted by Crippen LogP contribution is 2.51. The normalized spacial score (nSPS) is 38.6. The Morgan fingerprint density at radius 3 is 2.33 bits per heavy atom. The number of hydrogen-bond acceptors (Lipinski definition) is 2. The number of aliphatic hydroxyl groups is 1. The molecule has 2 bridgehead atoms. The molecule has 1 unspecified atom stereocenters. The van der Waals surface area contributed by atoms with E-state index < -0.39 is 17.7 Å². The number of carbonyl (C=O) groups is 1. The fraction of sp³-hybridized carbons (Fsp3) is 0.615. The Balaban J connectivity index is 1.87. The molecule has 1 aromatic rings. The lowest BCUT2D eigenvalue weighted by Crippen LogP contribution is -2.66. The minimum absolute atomic E-state index is 0.0230. The fourth-order valence-corrected chi connectivity index (χ4v) is 3.69. The Morgan fingerprint density at radius 1 is 1.22 bits per heavy atom. The van der Waals surface area contributed by atoms with Crippen molar-refractivity contribution in [2.45, 2.75) is 49.3 Å². The summed E-state index contributed by atoms with van der Waals surface area (Å²) in [6, 6.07) is 3.99. The number of rotatable bonds is 2. The fourth-order valence-electron chi connectivity index (χ4n) is 3.69. The van der Waals surface area contributed by atoms with Crippen molar-refractivity contribution in [3.8, 4) is 0 Å². The minimum atomic E-state index is -1.04. The number of aromatic nitrogens is 1. The van der Waals surface area contributed by atoms with Crippen LogP contribution in [0.5, 0.6) is 0 Å². The smallest absolute Gasteiger partial charge is 0.405 e. The van der Waals surface area contributed by atoms with E-state index in [1.165, 1.54) is 0 Å². The third kappa shape index (κ3) is 1.54. The average molecular weight is 250 g/mol. The Kier molecular flexibility index (Phi) is 2.41. The molecule has 98 valence electrons. The molecule has 3 N–H and O–H groups in total. The molecule has 0 saturated heterocycles. The molecule has 5 heteroatoms. The summed E-state index contributed by atoms with van der Waals surface area (Å²) in [6.45, 7) is 0. The predicted molar refractivity (Wildman–Crippen MR) is 65.4 cm³/mol. The van der Waals surface area contributed by atoms with E-state index in [1.54, 1.807) is 0 Å². The number of nitrogens with zero attached hydrogens (tertiary/aromatic N) is 1. The maximum Gasteiger partial charge on any atom is 0.405 e. The first kappa shape index (κ1) is 11.6. The second-order valence-electron chi connectivity index (χ2n) is 5.62. The number of hydrogen-bond donors (Lipinski definition) is 3. The molecule has 3 fully saturated rings. The third-order valence-corrected chi connectivity index (χ3v) is 4.79. The molecule has 1 heterocycles. The highest BCUT2D eigenvalue weighted by atomic mass is 16.4. The molecular formula is C13H18N2O3. The summed E-state index contributed by atoms with van der Waals surface area (Å²) in [5, 5.41) is 21.8. The van der Waals surface area contributed by atoms with Crippen LogP contribution < -0.4 is 5.32 Å². The van der Waals surface area contributed by atoms with Gasteiger partial charge < -0.3 is 20.1 Å². The number of aliphatic hydroxyl groups excluding tert-OH is 1. The molecule has 0 radical (unpaired) electrons. The molecule has 3 saturated carbocycles. The van der Waals surface area contributed by atoms with Gasteiger partial charge in [-0.25, -0.2) is 4.79 Å². The van der Waals surface area contributed by atoms with Gasteiger partial charge in [0.1, 0.15) is 0 Å². The van der Waals surface area contributed by atoms with E-state index in [-0.39, 0.29) is 5.54 Å². The topological polar surface area (TPSA) is 74.5 Å². The zero-order chi connectivity index (χ0) is 12.8. The van der Waals surface area contributed by atoms with Crippen molar-refractivity contribution in [2.24, 2.45) is 0 Å². The van der Waals surface area contributed by atoms with Crippen molar-refractivity contribution in [2.75, 3.05) is 0 Å². The highest BCUT2D eigenvalue weighted by Gasteiger charge is 2.55. The summed E-state index contributed by atoms with van der Waals surface area (Å²) in [5.41, 5.74) is -0.647. The summed E-state index contributed by atoms with van der Waals surface area (Å²) in [6.07, 6.45) is 6.31. The summed E-state index contributed by atoms with van der Waals surface area (Å²) in [5.74, 6) is 0. The van der Waals surface area contributed by atoms with Crippen LogP contribution in [0.2, 0.25) is 0 Å². The second kappa shape index (κ2) is 3.75. The van der Waals surface area contributed by atoms with E-state index in [0.717, 1.165) is 12.8 Å². The Bertz CT molecular complexity index is 447. The van der Waals surface area contributed by atoms with Crippen LogP contribution in [0.4, 0.5) is 4.79 Å². The quantitative estimate of drug-likeness (QED) is 0.745. The number of amides is 1. The van der Waals surface area contributed by atoms with Gasteiger partial charge in [0.2, 0.25) is 0 Å². The van der Waals surface area contributed by atoms with Crippen molar-refractivity contribution in [1.82, 2.24) is 9.88 Å². The first-order valence-corrected chi connectivity index (χ1v) is 6.39. The molecule has 5 nitrogen and oxygen atoms in total. The van der Waals surface area contributed by atoms with Crippen LogP contribution in [0.15, 0.2) is 24.5 Å². The van der Waals surface area contributed by atoms with Crippen LogP contribution in [0.25, 0.3) is 0 Å². The number of carboxylic acid groups (broad SMARTS) is 1. The molecule has 0 aliphatic heterocycles. The van der Waals surface area contributed by atoms with Crippen molar-refractivity contribution in [3.05, 3.63) is 24.5 Å². The van der Waals surface area contributed by atoms with Gasteiger partial charge in [-0.05, 0) is 44.2 Å². The zero-order valence-electron chi connectivity index (χ0n) is 10.2. The molecule has 0 aromatic carbocycles. The highest BCUT2D eigenvalue weighted by molar-refractivity contribution is 5.66. The SMILES string of the molecule is O=C(O)NC12CCC(n3cccc3)(CC1)CC2O. The van der Waals surface area contributed by atoms with Crippen LogP contribution in [-0.4, -0.2) is 32.5 Å². The van der Waals surface area contributed by atoms with Crippen molar-refractivity contribution < 1.29 is 15.0 Å². The van der Waals surface area contributed by atoms with Gasteiger partial charge in [0.05, 0.1) is 11.6 Å². The van der Waals surface area contributed by atoms with Gasteiger partial charge in [0, 0.05) is 17.9 Å².